The van der Waals surface area contributed by atoms with Crippen molar-refractivity contribution in [1.29, 1.82) is 0 Å². The van der Waals surface area contributed by atoms with Crippen molar-refractivity contribution >= 4 is 33.9 Å². The summed E-state index contributed by atoms with van der Waals surface area (Å²) in [4.78, 5) is 21.0. The first-order chi connectivity index (χ1) is 12.1. The summed E-state index contributed by atoms with van der Waals surface area (Å²) < 4.78 is 5.23. The normalized spacial score (nSPS) is 10.3. The van der Waals surface area contributed by atoms with Gasteiger partial charge in [0.1, 0.15) is 11.6 Å². The Morgan fingerprint density at radius 3 is 2.80 bits per heavy atom. The van der Waals surface area contributed by atoms with E-state index in [2.05, 4.69) is 20.6 Å². The molecule has 128 valence electrons. The minimum absolute atomic E-state index is 0.143. The summed E-state index contributed by atoms with van der Waals surface area (Å²) in [6.45, 7) is 1.93. The van der Waals surface area contributed by atoms with Gasteiger partial charge in [-0.3, -0.25) is 4.79 Å². The van der Waals surface area contributed by atoms with Gasteiger partial charge in [0.15, 0.2) is 5.13 Å². The van der Waals surface area contributed by atoms with Crippen LogP contribution in [0.2, 0.25) is 0 Å². The number of methoxy groups -OCH3 is 1. The number of thiazole rings is 1. The number of hydrogen-bond donors (Lipinski definition) is 2. The molecule has 0 aliphatic heterocycles. The third-order valence-corrected chi connectivity index (χ3v) is 4.20. The number of carbonyl (C=O) groups excluding carboxylic acids is 1. The molecule has 0 aliphatic carbocycles. The van der Waals surface area contributed by atoms with E-state index in [0.29, 0.717) is 22.3 Å². The average molecular weight is 354 g/mol. The maximum Gasteiger partial charge on any atom is 0.230 e. The highest BCUT2D eigenvalue weighted by atomic mass is 32.1. The lowest BCUT2D eigenvalue weighted by Gasteiger charge is -2.09. The lowest BCUT2D eigenvalue weighted by molar-refractivity contribution is -0.115. The fourth-order valence-corrected chi connectivity index (χ4v) is 2.99. The van der Waals surface area contributed by atoms with Crippen molar-refractivity contribution in [2.75, 3.05) is 17.7 Å². The van der Waals surface area contributed by atoms with Crippen LogP contribution in [0.1, 0.15) is 11.4 Å². The van der Waals surface area contributed by atoms with Gasteiger partial charge in [0, 0.05) is 11.1 Å². The maximum atomic E-state index is 12.2. The van der Waals surface area contributed by atoms with Gasteiger partial charge in [0.05, 0.1) is 24.9 Å². The highest BCUT2D eigenvalue weighted by Crippen LogP contribution is 2.24. The van der Waals surface area contributed by atoms with Crippen LogP contribution in [0.15, 0.2) is 47.8 Å². The standard InChI is InChI=1S/C18H18N4O2S/c1-12-6-5-9-16(19-12)22-18-20-13(11-25-18)10-17(23)21-14-7-3-4-8-15(14)24-2/h3-9,11H,10H2,1-2H3,(H,21,23)(H,19,20,22). The second-order valence-electron chi connectivity index (χ2n) is 5.36. The van der Waals surface area contributed by atoms with Crippen LogP contribution in [0.4, 0.5) is 16.6 Å². The van der Waals surface area contributed by atoms with Crippen LogP contribution < -0.4 is 15.4 Å². The molecule has 0 fully saturated rings. The molecule has 3 rings (SSSR count). The molecule has 7 heteroatoms. The monoisotopic (exact) mass is 354 g/mol. The molecule has 0 saturated heterocycles. The van der Waals surface area contributed by atoms with E-state index in [-0.39, 0.29) is 12.3 Å². The Balaban J connectivity index is 1.62. The number of ether oxygens (including phenoxy) is 1. The number of rotatable bonds is 6. The number of carbonyl (C=O) groups is 1. The van der Waals surface area contributed by atoms with Gasteiger partial charge in [-0.25, -0.2) is 9.97 Å². The van der Waals surface area contributed by atoms with Gasteiger partial charge in [-0.2, -0.15) is 0 Å². The van der Waals surface area contributed by atoms with Crippen LogP contribution in [0.5, 0.6) is 5.75 Å². The molecular formula is C18H18N4O2S. The van der Waals surface area contributed by atoms with Crippen LogP contribution >= 0.6 is 11.3 Å². The quantitative estimate of drug-likeness (QED) is 0.704. The zero-order valence-electron chi connectivity index (χ0n) is 13.9. The Bertz CT molecular complexity index is 879. The van der Waals surface area contributed by atoms with Crippen molar-refractivity contribution in [2.45, 2.75) is 13.3 Å². The van der Waals surface area contributed by atoms with Gasteiger partial charge in [-0.05, 0) is 31.2 Å². The topological polar surface area (TPSA) is 76.1 Å². The van der Waals surface area contributed by atoms with Crippen molar-refractivity contribution in [3.8, 4) is 5.75 Å². The van der Waals surface area contributed by atoms with E-state index in [4.69, 9.17) is 4.74 Å². The van der Waals surface area contributed by atoms with Crippen molar-refractivity contribution in [3.05, 3.63) is 59.2 Å². The van der Waals surface area contributed by atoms with Gasteiger partial charge < -0.3 is 15.4 Å². The van der Waals surface area contributed by atoms with Crippen molar-refractivity contribution < 1.29 is 9.53 Å². The van der Waals surface area contributed by atoms with Gasteiger partial charge in [0.25, 0.3) is 0 Å². The summed E-state index contributed by atoms with van der Waals surface area (Å²) in [5.74, 6) is 1.22. The molecule has 0 unspecified atom stereocenters. The number of aryl methyl sites for hydroxylation is 1. The number of pyridine rings is 1. The molecule has 0 bridgehead atoms. The first-order valence-electron chi connectivity index (χ1n) is 7.72. The number of hydrogen-bond acceptors (Lipinski definition) is 6. The Morgan fingerprint density at radius 1 is 1.16 bits per heavy atom. The molecule has 6 nitrogen and oxygen atoms in total. The highest BCUT2D eigenvalue weighted by molar-refractivity contribution is 7.13. The largest absolute Gasteiger partial charge is 0.495 e. The Labute approximate surface area is 149 Å². The molecule has 0 aliphatic rings. The van der Waals surface area contributed by atoms with Crippen LogP contribution in [0, 0.1) is 6.92 Å². The number of nitrogens with zero attached hydrogens (tertiary/aromatic N) is 2. The van der Waals surface area contributed by atoms with Crippen molar-refractivity contribution in [1.82, 2.24) is 9.97 Å². The fraction of sp³-hybridized carbons (Fsp3) is 0.167. The second-order valence-corrected chi connectivity index (χ2v) is 6.22. The van der Waals surface area contributed by atoms with Crippen LogP contribution in [0.3, 0.4) is 0 Å². The molecular weight excluding hydrogens is 336 g/mol. The number of para-hydroxylation sites is 2. The Kier molecular flexibility index (Phi) is 5.25. The summed E-state index contributed by atoms with van der Waals surface area (Å²) in [5, 5.41) is 8.56. The first-order valence-corrected chi connectivity index (χ1v) is 8.60. The molecule has 25 heavy (non-hydrogen) atoms. The molecule has 1 aromatic carbocycles. The van der Waals surface area contributed by atoms with Crippen LogP contribution in [-0.2, 0) is 11.2 Å². The second kappa shape index (κ2) is 7.76. The lowest BCUT2D eigenvalue weighted by Crippen LogP contribution is -2.15. The molecule has 1 amide bonds. The van der Waals surface area contributed by atoms with Crippen molar-refractivity contribution in [2.24, 2.45) is 0 Å². The summed E-state index contributed by atoms with van der Waals surface area (Å²) in [6, 6.07) is 13.0. The number of aromatic nitrogens is 2. The van der Waals surface area contributed by atoms with E-state index in [0.717, 1.165) is 11.5 Å². The summed E-state index contributed by atoms with van der Waals surface area (Å²) >= 11 is 1.44. The Morgan fingerprint density at radius 2 is 2.00 bits per heavy atom. The fourth-order valence-electron chi connectivity index (χ4n) is 2.27. The van der Waals surface area contributed by atoms with Crippen LogP contribution in [-0.4, -0.2) is 23.0 Å². The van der Waals surface area contributed by atoms with Gasteiger partial charge in [-0.1, -0.05) is 18.2 Å². The molecule has 3 aromatic rings. The molecule has 2 N–H and O–H groups in total. The SMILES string of the molecule is COc1ccccc1NC(=O)Cc1csc(Nc2cccc(C)n2)n1. The van der Waals surface area contributed by atoms with E-state index in [1.165, 1.54) is 11.3 Å². The smallest absolute Gasteiger partial charge is 0.230 e. The van der Waals surface area contributed by atoms with E-state index < -0.39 is 0 Å². The minimum Gasteiger partial charge on any atom is -0.495 e. The predicted molar refractivity (Wildman–Crippen MR) is 99.7 cm³/mol. The summed E-state index contributed by atoms with van der Waals surface area (Å²) in [6.07, 6.45) is 0.192. The minimum atomic E-state index is -0.143. The van der Waals surface area contributed by atoms with Gasteiger partial charge in [0.2, 0.25) is 5.91 Å². The third-order valence-electron chi connectivity index (χ3n) is 3.40. The molecule has 0 atom stereocenters. The maximum absolute atomic E-state index is 12.2. The number of nitrogens with one attached hydrogen (secondary N) is 2. The molecule has 2 aromatic heterocycles. The first kappa shape index (κ1) is 16.9. The van der Waals surface area contributed by atoms with E-state index in [1.54, 1.807) is 19.2 Å². The average Bonchev–Trinajstić information content (AvgIpc) is 3.02. The van der Waals surface area contributed by atoms with Gasteiger partial charge >= 0.3 is 0 Å². The molecule has 2 heterocycles. The van der Waals surface area contributed by atoms with Crippen LogP contribution in [0.25, 0.3) is 0 Å². The molecule has 0 saturated carbocycles. The number of amides is 1. The zero-order valence-corrected chi connectivity index (χ0v) is 14.8. The van der Waals surface area contributed by atoms with E-state index in [9.17, 15) is 4.79 Å². The zero-order chi connectivity index (χ0) is 17.6. The molecule has 0 radical (unpaired) electrons. The Hall–Kier alpha value is -2.93. The van der Waals surface area contributed by atoms with Crippen molar-refractivity contribution in [3.63, 3.8) is 0 Å². The number of benzene rings is 1. The van der Waals surface area contributed by atoms with Gasteiger partial charge in [-0.15, -0.1) is 11.3 Å². The number of anilines is 3. The summed E-state index contributed by atoms with van der Waals surface area (Å²) in [5.41, 5.74) is 2.28. The van der Waals surface area contributed by atoms with E-state index >= 15 is 0 Å². The summed E-state index contributed by atoms with van der Waals surface area (Å²) in [7, 11) is 1.57. The molecule has 0 spiro atoms. The third kappa shape index (κ3) is 4.54. The van der Waals surface area contributed by atoms with E-state index in [1.807, 2.05) is 42.6 Å². The lowest BCUT2D eigenvalue weighted by atomic mass is 10.2. The highest BCUT2D eigenvalue weighted by Gasteiger charge is 2.11. The predicted octanol–water partition coefficient (Wildman–Crippen LogP) is 3.78.